The molecule has 8 heteroatoms. The topological polar surface area (TPSA) is 64.0 Å². The molecule has 2 unspecified atom stereocenters. The summed E-state index contributed by atoms with van der Waals surface area (Å²) in [5.41, 5.74) is 0. The second-order valence-corrected chi connectivity index (χ2v) is 6.63. The van der Waals surface area contributed by atoms with Gasteiger partial charge in [-0.1, -0.05) is 19.3 Å². The monoisotopic (exact) mass is 389 g/mol. The molecule has 3 heterocycles. The highest BCUT2D eigenvalue weighted by molar-refractivity contribution is 5.42. The number of rotatable bonds is 3. The van der Waals surface area contributed by atoms with Crippen LogP contribution in [-0.4, -0.2) is 39.1 Å². The van der Waals surface area contributed by atoms with Crippen molar-refractivity contribution < 1.29 is 13.5 Å². The highest BCUT2D eigenvalue weighted by atomic mass is 19.1. The van der Waals surface area contributed by atoms with Gasteiger partial charge in [0.25, 0.3) is 0 Å². The molecule has 0 aliphatic carbocycles. The summed E-state index contributed by atoms with van der Waals surface area (Å²) in [5, 5.41) is 0. The van der Waals surface area contributed by atoms with Crippen LogP contribution < -0.4 is 9.64 Å². The first-order valence-electron chi connectivity index (χ1n) is 9.23. The van der Waals surface area contributed by atoms with Crippen molar-refractivity contribution in [3.05, 3.63) is 36.7 Å². The predicted octanol–water partition coefficient (Wildman–Crippen LogP) is 3.65. The lowest BCUT2D eigenvalue weighted by atomic mass is 10.1. The highest BCUT2D eigenvalue weighted by Crippen LogP contribution is 2.26. The number of ether oxygens (including phenoxy) is 1. The molecule has 2 aromatic rings. The smallest absolute Gasteiger partial charge is 0.219 e. The van der Waals surface area contributed by atoms with E-state index in [1.165, 1.54) is 19.3 Å². The number of halogens is 2. The van der Waals surface area contributed by atoms with Gasteiger partial charge in [0.1, 0.15) is 18.5 Å². The summed E-state index contributed by atoms with van der Waals surface area (Å²) in [6, 6.07) is 3.05. The van der Waals surface area contributed by atoms with E-state index < -0.39 is 11.9 Å². The summed E-state index contributed by atoms with van der Waals surface area (Å²) in [4.78, 5) is 17.0. The number of anilines is 1. The van der Waals surface area contributed by atoms with Crippen LogP contribution in [0.5, 0.6) is 5.88 Å². The van der Waals surface area contributed by atoms with Crippen LogP contribution in [0.3, 0.4) is 0 Å². The molecule has 0 spiro atoms. The van der Waals surface area contributed by atoms with Crippen molar-refractivity contribution in [2.24, 2.45) is 5.92 Å². The van der Waals surface area contributed by atoms with Gasteiger partial charge in [0.05, 0.1) is 0 Å². The third kappa shape index (κ3) is 7.06. The van der Waals surface area contributed by atoms with E-state index in [1.54, 1.807) is 13.3 Å². The highest BCUT2D eigenvalue weighted by Gasteiger charge is 2.22. The van der Waals surface area contributed by atoms with Gasteiger partial charge in [0, 0.05) is 24.7 Å². The number of hydrogen-bond donors (Lipinski definition) is 0. The summed E-state index contributed by atoms with van der Waals surface area (Å²) in [6.45, 7) is 7.80. The molecule has 0 aromatic carbocycles. The molecule has 1 aliphatic heterocycles. The minimum Gasteiger partial charge on any atom is -0.464 e. The van der Waals surface area contributed by atoms with E-state index in [0.717, 1.165) is 18.7 Å². The quantitative estimate of drug-likeness (QED) is 0.590. The van der Waals surface area contributed by atoms with Gasteiger partial charge in [-0.05, 0) is 32.6 Å². The third-order valence-corrected chi connectivity index (χ3v) is 4.35. The standard InChI is InChI=1S/C16H23N3O.C4H2F2N2/c1-4-5-9-20-16-10-15(17-12-18-16)19-11-13(2)7-6-8-14(19)3;5-3-1-4(6)8-2-7-3/h10,12-14H,6-9,11H2,1-3H3;1-2H. The summed E-state index contributed by atoms with van der Waals surface area (Å²) in [7, 11) is 0. The Morgan fingerprint density at radius 1 is 1.07 bits per heavy atom. The molecule has 1 aliphatic rings. The maximum Gasteiger partial charge on any atom is 0.219 e. The van der Waals surface area contributed by atoms with E-state index in [9.17, 15) is 8.78 Å². The van der Waals surface area contributed by atoms with Crippen LogP contribution in [0.2, 0.25) is 0 Å². The minimum absolute atomic E-state index is 0.374. The van der Waals surface area contributed by atoms with Gasteiger partial charge in [0.15, 0.2) is 6.61 Å². The van der Waals surface area contributed by atoms with Crippen LogP contribution in [0.15, 0.2) is 24.8 Å². The van der Waals surface area contributed by atoms with E-state index in [1.807, 2.05) is 6.07 Å². The summed E-state index contributed by atoms with van der Waals surface area (Å²) in [6.07, 6.45) is 6.20. The van der Waals surface area contributed by atoms with Crippen molar-refractivity contribution in [1.82, 2.24) is 19.9 Å². The Morgan fingerprint density at radius 3 is 2.43 bits per heavy atom. The average Bonchev–Trinajstić information content (AvgIpc) is 2.83. The molecule has 0 N–H and O–H groups in total. The Bertz CT molecular complexity index is 791. The Balaban J connectivity index is 0.000000292. The fraction of sp³-hybridized carbons (Fsp3) is 0.500. The molecule has 6 nitrogen and oxygen atoms in total. The van der Waals surface area contributed by atoms with E-state index >= 15 is 0 Å². The summed E-state index contributed by atoms with van der Waals surface area (Å²) in [5.74, 6) is 6.24. The molecule has 0 radical (unpaired) electrons. The van der Waals surface area contributed by atoms with Crippen molar-refractivity contribution in [2.75, 3.05) is 18.1 Å². The van der Waals surface area contributed by atoms with E-state index in [-0.39, 0.29) is 0 Å². The van der Waals surface area contributed by atoms with E-state index in [0.29, 0.717) is 30.5 Å². The predicted molar refractivity (Wildman–Crippen MR) is 103 cm³/mol. The largest absolute Gasteiger partial charge is 0.464 e. The second-order valence-electron chi connectivity index (χ2n) is 6.63. The van der Waals surface area contributed by atoms with Crippen molar-refractivity contribution in [1.29, 1.82) is 0 Å². The zero-order valence-corrected chi connectivity index (χ0v) is 16.4. The van der Waals surface area contributed by atoms with Crippen LogP contribution >= 0.6 is 0 Å². The van der Waals surface area contributed by atoms with Gasteiger partial charge in [-0.3, -0.25) is 0 Å². The van der Waals surface area contributed by atoms with Gasteiger partial charge in [-0.15, -0.1) is 5.92 Å². The number of aromatic nitrogens is 4. The SMILES string of the molecule is CC#CCOc1cc(N2CC(C)CCCC2C)ncn1.Fc1cc(F)ncn1. The Morgan fingerprint density at radius 2 is 1.79 bits per heavy atom. The molecule has 0 amide bonds. The van der Waals surface area contributed by atoms with Crippen LogP contribution in [0.25, 0.3) is 0 Å². The van der Waals surface area contributed by atoms with Gasteiger partial charge in [-0.25, -0.2) is 19.9 Å². The Labute approximate surface area is 164 Å². The summed E-state index contributed by atoms with van der Waals surface area (Å²) < 4.78 is 29.1. The Hall–Kier alpha value is -2.82. The molecule has 2 atom stereocenters. The zero-order valence-electron chi connectivity index (χ0n) is 16.4. The number of hydrogen-bond acceptors (Lipinski definition) is 6. The van der Waals surface area contributed by atoms with Gasteiger partial charge < -0.3 is 9.64 Å². The molecular formula is C20H25F2N5O. The van der Waals surface area contributed by atoms with Gasteiger partial charge >= 0.3 is 0 Å². The number of nitrogens with zero attached hydrogens (tertiary/aromatic N) is 5. The minimum atomic E-state index is -0.850. The van der Waals surface area contributed by atoms with Crippen molar-refractivity contribution in [3.8, 4) is 17.7 Å². The van der Waals surface area contributed by atoms with Crippen LogP contribution in [0.1, 0.15) is 40.0 Å². The molecule has 28 heavy (non-hydrogen) atoms. The molecule has 150 valence electrons. The molecule has 1 saturated heterocycles. The zero-order chi connectivity index (χ0) is 20.4. The molecular weight excluding hydrogens is 364 g/mol. The van der Waals surface area contributed by atoms with E-state index in [4.69, 9.17) is 4.74 Å². The maximum absolute atomic E-state index is 11.8. The van der Waals surface area contributed by atoms with E-state index in [2.05, 4.69) is 50.5 Å². The molecule has 3 rings (SSSR count). The molecule has 1 fully saturated rings. The lowest BCUT2D eigenvalue weighted by Gasteiger charge is -2.29. The fourth-order valence-corrected chi connectivity index (χ4v) is 2.90. The third-order valence-electron chi connectivity index (χ3n) is 4.35. The second kappa shape index (κ2) is 11.1. The van der Waals surface area contributed by atoms with Crippen LogP contribution in [-0.2, 0) is 0 Å². The fourth-order valence-electron chi connectivity index (χ4n) is 2.90. The summed E-state index contributed by atoms with van der Waals surface area (Å²) >= 11 is 0. The molecule has 2 aromatic heterocycles. The normalized spacial score (nSPS) is 18.8. The van der Waals surface area contributed by atoms with Crippen LogP contribution in [0.4, 0.5) is 14.6 Å². The van der Waals surface area contributed by atoms with Gasteiger partial charge in [-0.2, -0.15) is 8.78 Å². The first-order valence-corrected chi connectivity index (χ1v) is 9.23. The average molecular weight is 389 g/mol. The first kappa shape index (κ1) is 21.5. The van der Waals surface area contributed by atoms with Gasteiger partial charge in [0.2, 0.25) is 17.8 Å². The van der Waals surface area contributed by atoms with Crippen molar-refractivity contribution in [3.63, 3.8) is 0 Å². The van der Waals surface area contributed by atoms with Crippen molar-refractivity contribution >= 4 is 5.82 Å². The lowest BCUT2D eigenvalue weighted by Crippen LogP contribution is -2.35. The first-order chi connectivity index (χ1) is 13.5. The van der Waals surface area contributed by atoms with Crippen LogP contribution in [0, 0.1) is 29.7 Å². The molecule has 0 saturated carbocycles. The molecule has 0 bridgehead atoms. The lowest BCUT2D eigenvalue weighted by molar-refractivity contribution is 0.354. The van der Waals surface area contributed by atoms with Crippen molar-refractivity contribution in [2.45, 2.75) is 46.1 Å². The Kier molecular flexibility index (Phi) is 8.53. The maximum atomic E-state index is 11.8.